The van der Waals surface area contributed by atoms with E-state index >= 15 is 0 Å². The molecule has 0 aromatic heterocycles. The number of nitro benzene ring substituents is 1. The zero-order valence-corrected chi connectivity index (χ0v) is 12.4. The van der Waals surface area contributed by atoms with Crippen LogP contribution in [0.1, 0.15) is 33.1 Å². The fourth-order valence-corrected chi connectivity index (χ4v) is 1.98. The normalized spacial score (nSPS) is 11.8. The number of hydrogen-bond donors (Lipinski definition) is 1. The molecule has 1 aromatic carbocycles. The lowest BCUT2D eigenvalue weighted by Gasteiger charge is -2.16. The lowest BCUT2D eigenvalue weighted by molar-refractivity contribution is -0.384. The van der Waals surface area contributed by atoms with Gasteiger partial charge in [-0.15, -0.1) is 0 Å². The van der Waals surface area contributed by atoms with Crippen LogP contribution >= 0.6 is 0 Å². The molecule has 0 fully saturated rings. The van der Waals surface area contributed by atoms with Crippen LogP contribution in [0, 0.1) is 10.1 Å². The topological polar surface area (TPSA) is 73.6 Å². The van der Waals surface area contributed by atoms with Gasteiger partial charge in [0.05, 0.1) is 25.2 Å². The number of nitrogens with zero attached hydrogens (tertiary/aromatic N) is 1. The van der Waals surface area contributed by atoms with Crippen LogP contribution in [0.15, 0.2) is 12.1 Å². The quantitative estimate of drug-likeness (QED) is 0.582. The zero-order chi connectivity index (χ0) is 15.1. The average Bonchev–Trinajstić information content (AvgIpc) is 2.44. The van der Waals surface area contributed by atoms with E-state index in [1.807, 2.05) is 6.92 Å². The second-order valence-corrected chi connectivity index (χ2v) is 4.67. The van der Waals surface area contributed by atoms with E-state index in [1.165, 1.54) is 20.3 Å². The molecule has 0 aliphatic rings. The van der Waals surface area contributed by atoms with Crippen LogP contribution in [-0.4, -0.2) is 25.2 Å². The Kier molecular flexibility index (Phi) is 6.09. The van der Waals surface area contributed by atoms with Gasteiger partial charge in [0.2, 0.25) is 0 Å². The molecule has 1 aromatic rings. The number of methoxy groups -OCH3 is 2. The lowest BCUT2D eigenvalue weighted by Crippen LogP contribution is -2.16. The predicted molar refractivity (Wildman–Crippen MR) is 78.8 cm³/mol. The van der Waals surface area contributed by atoms with Crippen molar-refractivity contribution in [2.45, 2.75) is 39.2 Å². The van der Waals surface area contributed by atoms with E-state index in [-0.39, 0.29) is 11.7 Å². The molecule has 1 rings (SSSR count). The van der Waals surface area contributed by atoms with Crippen molar-refractivity contribution >= 4 is 11.4 Å². The lowest BCUT2D eigenvalue weighted by atomic mass is 10.1. The summed E-state index contributed by atoms with van der Waals surface area (Å²) >= 11 is 0. The molecule has 1 unspecified atom stereocenters. The van der Waals surface area contributed by atoms with Crippen molar-refractivity contribution in [3.63, 3.8) is 0 Å². The third kappa shape index (κ3) is 4.01. The molecule has 0 spiro atoms. The van der Waals surface area contributed by atoms with Crippen molar-refractivity contribution in [3.05, 3.63) is 22.2 Å². The van der Waals surface area contributed by atoms with Crippen LogP contribution in [-0.2, 0) is 0 Å². The van der Waals surface area contributed by atoms with E-state index in [1.54, 1.807) is 6.07 Å². The Morgan fingerprint density at radius 2 is 1.90 bits per heavy atom. The highest BCUT2D eigenvalue weighted by Gasteiger charge is 2.20. The van der Waals surface area contributed by atoms with Crippen LogP contribution in [0.25, 0.3) is 0 Å². The van der Waals surface area contributed by atoms with Gasteiger partial charge in [0.15, 0.2) is 11.5 Å². The van der Waals surface area contributed by atoms with Crippen LogP contribution < -0.4 is 14.8 Å². The van der Waals surface area contributed by atoms with E-state index < -0.39 is 4.92 Å². The Bertz CT molecular complexity index is 463. The van der Waals surface area contributed by atoms with Gasteiger partial charge in [-0.25, -0.2) is 0 Å². The van der Waals surface area contributed by atoms with Gasteiger partial charge < -0.3 is 14.8 Å². The second-order valence-electron chi connectivity index (χ2n) is 4.67. The summed E-state index contributed by atoms with van der Waals surface area (Å²) in [6.45, 7) is 4.13. The predicted octanol–water partition coefficient (Wildman–Crippen LogP) is 3.60. The van der Waals surface area contributed by atoms with Gasteiger partial charge in [0.25, 0.3) is 5.69 Å². The fourth-order valence-electron chi connectivity index (χ4n) is 1.98. The maximum atomic E-state index is 11.2. The molecule has 0 amide bonds. The van der Waals surface area contributed by atoms with Crippen molar-refractivity contribution in [1.82, 2.24) is 0 Å². The molecule has 1 atom stereocenters. The highest BCUT2D eigenvalue weighted by atomic mass is 16.6. The fraction of sp³-hybridized carbons (Fsp3) is 0.571. The van der Waals surface area contributed by atoms with Crippen molar-refractivity contribution in [2.24, 2.45) is 0 Å². The van der Waals surface area contributed by atoms with Crippen LogP contribution in [0.4, 0.5) is 11.4 Å². The average molecular weight is 282 g/mol. The Hall–Kier alpha value is -1.98. The molecular formula is C14H22N2O4. The van der Waals surface area contributed by atoms with E-state index in [4.69, 9.17) is 9.47 Å². The largest absolute Gasteiger partial charge is 0.493 e. The summed E-state index contributed by atoms with van der Waals surface area (Å²) < 4.78 is 10.3. The molecule has 6 heteroatoms. The third-order valence-corrected chi connectivity index (χ3v) is 3.09. The Morgan fingerprint density at radius 1 is 1.30 bits per heavy atom. The summed E-state index contributed by atoms with van der Waals surface area (Å²) in [5, 5.41) is 14.3. The minimum atomic E-state index is -0.420. The molecule has 6 nitrogen and oxygen atoms in total. The van der Waals surface area contributed by atoms with E-state index in [0.717, 1.165) is 19.3 Å². The van der Waals surface area contributed by atoms with Gasteiger partial charge >= 0.3 is 0 Å². The van der Waals surface area contributed by atoms with Gasteiger partial charge in [0.1, 0.15) is 5.69 Å². The first-order valence-corrected chi connectivity index (χ1v) is 6.70. The van der Waals surface area contributed by atoms with E-state index in [2.05, 4.69) is 12.2 Å². The standard InChI is InChI=1S/C14H22N2O4/c1-5-6-7-10(2)15-11-8-13(19-3)14(20-4)9-12(11)16(17)18/h8-10,15H,5-7H2,1-4H3. The molecule has 1 N–H and O–H groups in total. The number of nitrogens with one attached hydrogen (secondary N) is 1. The number of unbranched alkanes of at least 4 members (excludes halogenated alkanes) is 1. The first-order valence-electron chi connectivity index (χ1n) is 6.70. The monoisotopic (exact) mass is 282 g/mol. The summed E-state index contributed by atoms with van der Waals surface area (Å²) in [6.07, 6.45) is 3.14. The number of hydrogen-bond acceptors (Lipinski definition) is 5. The molecule has 0 aliphatic heterocycles. The van der Waals surface area contributed by atoms with Crippen molar-refractivity contribution in [3.8, 4) is 11.5 Å². The van der Waals surface area contributed by atoms with E-state index in [9.17, 15) is 10.1 Å². The van der Waals surface area contributed by atoms with Gasteiger partial charge in [-0.3, -0.25) is 10.1 Å². The first-order chi connectivity index (χ1) is 9.53. The van der Waals surface area contributed by atoms with Gasteiger partial charge in [-0.2, -0.15) is 0 Å². The van der Waals surface area contributed by atoms with Crippen molar-refractivity contribution < 1.29 is 14.4 Å². The minimum Gasteiger partial charge on any atom is -0.493 e. The van der Waals surface area contributed by atoms with Gasteiger partial charge in [0, 0.05) is 12.1 Å². The number of benzene rings is 1. The number of nitro groups is 1. The highest BCUT2D eigenvalue weighted by molar-refractivity contribution is 5.68. The minimum absolute atomic E-state index is 0.00833. The maximum absolute atomic E-state index is 11.2. The number of anilines is 1. The summed E-state index contributed by atoms with van der Waals surface area (Å²) in [5.41, 5.74) is 0.447. The Labute approximate surface area is 119 Å². The smallest absolute Gasteiger partial charge is 0.296 e. The van der Waals surface area contributed by atoms with Crippen LogP contribution in [0.5, 0.6) is 11.5 Å². The van der Waals surface area contributed by atoms with E-state index in [0.29, 0.717) is 17.2 Å². The molecule has 20 heavy (non-hydrogen) atoms. The number of rotatable bonds is 8. The molecule has 0 aliphatic carbocycles. The molecule has 0 heterocycles. The first kappa shape index (κ1) is 16.1. The zero-order valence-electron chi connectivity index (χ0n) is 12.4. The summed E-state index contributed by atoms with van der Waals surface area (Å²) in [4.78, 5) is 10.7. The van der Waals surface area contributed by atoms with Gasteiger partial charge in [-0.1, -0.05) is 19.8 Å². The summed E-state index contributed by atoms with van der Waals surface area (Å²) in [7, 11) is 2.96. The van der Waals surface area contributed by atoms with Crippen molar-refractivity contribution in [1.29, 1.82) is 0 Å². The molecular weight excluding hydrogens is 260 g/mol. The molecule has 0 radical (unpaired) electrons. The molecule has 0 saturated carbocycles. The summed E-state index contributed by atoms with van der Waals surface area (Å²) in [6, 6.07) is 3.15. The highest BCUT2D eigenvalue weighted by Crippen LogP contribution is 2.38. The van der Waals surface area contributed by atoms with Crippen LogP contribution in [0.2, 0.25) is 0 Å². The molecule has 0 bridgehead atoms. The molecule has 0 saturated heterocycles. The Balaban J connectivity index is 3.06. The third-order valence-electron chi connectivity index (χ3n) is 3.09. The van der Waals surface area contributed by atoms with Crippen LogP contribution in [0.3, 0.4) is 0 Å². The summed E-state index contributed by atoms with van der Waals surface area (Å²) in [5.74, 6) is 0.828. The second kappa shape index (κ2) is 7.57. The van der Waals surface area contributed by atoms with Gasteiger partial charge in [-0.05, 0) is 13.3 Å². The SMILES string of the molecule is CCCCC(C)Nc1cc(OC)c(OC)cc1[N+](=O)[O-]. The number of ether oxygens (including phenoxy) is 2. The maximum Gasteiger partial charge on any atom is 0.296 e. The molecule has 112 valence electrons. The Morgan fingerprint density at radius 3 is 2.40 bits per heavy atom. The van der Waals surface area contributed by atoms with Crippen molar-refractivity contribution in [2.75, 3.05) is 19.5 Å².